The summed E-state index contributed by atoms with van der Waals surface area (Å²) in [5, 5.41) is 10.1. The number of carbonyl (C=O) groups excluding carboxylic acids is 1. The van der Waals surface area contributed by atoms with E-state index in [9.17, 15) is 10.1 Å². The quantitative estimate of drug-likeness (QED) is 0.227. The number of nitriles is 1. The molecular weight excluding hydrogens is 370 g/mol. The van der Waals surface area contributed by atoms with E-state index in [4.69, 9.17) is 16.3 Å². The molecule has 3 aromatic rings. The van der Waals surface area contributed by atoms with Crippen LogP contribution in [0.4, 0.5) is 0 Å². The standard InChI is InChI=1S/C24H18ClNO2/c25-22-12-10-20(11-13-22)21(17-26)15-19-7-4-8-23(16-19)28-24(27)14-9-18-5-2-1-3-6-18/h1-8,10-13,15-16H,9,14H2/b21-15-. The van der Waals surface area contributed by atoms with Gasteiger partial charge in [0.1, 0.15) is 5.75 Å². The highest BCUT2D eigenvalue weighted by Crippen LogP contribution is 2.22. The van der Waals surface area contributed by atoms with Crippen molar-refractivity contribution in [2.75, 3.05) is 0 Å². The Morgan fingerprint density at radius 2 is 1.75 bits per heavy atom. The SMILES string of the molecule is N#C/C(=C/c1cccc(OC(=O)CCc2ccccc2)c1)c1ccc(Cl)cc1. The zero-order chi connectivity index (χ0) is 19.8. The first kappa shape index (κ1) is 19.4. The number of aryl methyl sites for hydroxylation is 1. The predicted molar refractivity (Wildman–Crippen MR) is 112 cm³/mol. The van der Waals surface area contributed by atoms with Crippen LogP contribution in [0.2, 0.25) is 5.02 Å². The number of ether oxygens (including phenoxy) is 1. The molecule has 0 fully saturated rings. The summed E-state index contributed by atoms with van der Waals surface area (Å²) in [6, 6.07) is 26.2. The fourth-order valence-electron chi connectivity index (χ4n) is 2.72. The Morgan fingerprint density at radius 3 is 2.46 bits per heavy atom. The lowest BCUT2D eigenvalue weighted by Crippen LogP contribution is -2.09. The van der Waals surface area contributed by atoms with Crippen molar-refractivity contribution in [2.24, 2.45) is 0 Å². The molecule has 0 saturated heterocycles. The molecule has 0 aliphatic heterocycles. The van der Waals surface area contributed by atoms with Crippen LogP contribution in [0.1, 0.15) is 23.1 Å². The van der Waals surface area contributed by atoms with E-state index >= 15 is 0 Å². The van der Waals surface area contributed by atoms with E-state index in [1.165, 1.54) is 0 Å². The molecule has 0 aliphatic rings. The second kappa shape index (κ2) is 9.55. The van der Waals surface area contributed by atoms with E-state index in [2.05, 4.69) is 6.07 Å². The lowest BCUT2D eigenvalue weighted by molar-refractivity contribution is -0.134. The largest absolute Gasteiger partial charge is 0.426 e. The van der Waals surface area contributed by atoms with Crippen LogP contribution in [-0.2, 0) is 11.2 Å². The normalized spacial score (nSPS) is 10.9. The van der Waals surface area contributed by atoms with Gasteiger partial charge in [0.2, 0.25) is 0 Å². The molecule has 3 rings (SSSR count). The number of nitrogens with zero attached hydrogens (tertiary/aromatic N) is 1. The Labute approximate surface area is 169 Å². The van der Waals surface area contributed by atoms with Gasteiger partial charge >= 0.3 is 5.97 Å². The second-order valence-corrected chi connectivity index (χ2v) is 6.65. The van der Waals surface area contributed by atoms with Crippen molar-refractivity contribution in [3.8, 4) is 11.8 Å². The minimum atomic E-state index is -0.289. The number of rotatable bonds is 6. The number of esters is 1. The van der Waals surface area contributed by atoms with Gasteiger partial charge in [0, 0.05) is 11.4 Å². The molecule has 0 saturated carbocycles. The van der Waals surface area contributed by atoms with Crippen LogP contribution >= 0.6 is 11.6 Å². The summed E-state index contributed by atoms with van der Waals surface area (Å²) in [4.78, 5) is 12.1. The smallest absolute Gasteiger partial charge is 0.311 e. The first-order valence-corrected chi connectivity index (χ1v) is 9.24. The van der Waals surface area contributed by atoms with Gasteiger partial charge in [-0.15, -0.1) is 0 Å². The summed E-state index contributed by atoms with van der Waals surface area (Å²) in [6.45, 7) is 0. The molecular formula is C24H18ClNO2. The number of allylic oxidation sites excluding steroid dienone is 1. The molecule has 0 aromatic heterocycles. The Hall–Kier alpha value is -3.35. The summed E-state index contributed by atoms with van der Waals surface area (Å²) in [7, 11) is 0. The van der Waals surface area contributed by atoms with Gasteiger partial charge in [-0.1, -0.05) is 66.2 Å². The van der Waals surface area contributed by atoms with Crippen LogP contribution in [0, 0.1) is 11.3 Å². The van der Waals surface area contributed by atoms with Crippen molar-refractivity contribution in [3.05, 3.63) is 101 Å². The molecule has 0 N–H and O–H groups in total. The highest BCUT2D eigenvalue weighted by atomic mass is 35.5. The molecule has 0 unspecified atom stereocenters. The third-order valence-corrected chi connectivity index (χ3v) is 4.39. The third kappa shape index (κ3) is 5.57. The van der Waals surface area contributed by atoms with Crippen molar-refractivity contribution in [1.29, 1.82) is 5.26 Å². The van der Waals surface area contributed by atoms with E-state index in [0.717, 1.165) is 16.7 Å². The maximum Gasteiger partial charge on any atom is 0.311 e. The molecule has 138 valence electrons. The first-order valence-electron chi connectivity index (χ1n) is 8.86. The fourth-order valence-corrected chi connectivity index (χ4v) is 2.84. The minimum absolute atomic E-state index is 0.289. The Bertz CT molecular complexity index is 1020. The van der Waals surface area contributed by atoms with Crippen LogP contribution in [-0.4, -0.2) is 5.97 Å². The molecule has 0 spiro atoms. The zero-order valence-electron chi connectivity index (χ0n) is 15.1. The highest BCUT2D eigenvalue weighted by Gasteiger charge is 2.07. The van der Waals surface area contributed by atoms with Crippen molar-refractivity contribution in [3.63, 3.8) is 0 Å². The third-order valence-electron chi connectivity index (χ3n) is 4.14. The van der Waals surface area contributed by atoms with Crippen LogP contribution in [0.5, 0.6) is 5.75 Å². The van der Waals surface area contributed by atoms with Gasteiger partial charge in [0.15, 0.2) is 0 Å². The summed E-state index contributed by atoms with van der Waals surface area (Å²) >= 11 is 5.90. The Kier molecular flexibility index (Phi) is 6.62. The lowest BCUT2D eigenvalue weighted by Gasteiger charge is -2.06. The van der Waals surface area contributed by atoms with Gasteiger partial charge in [-0.2, -0.15) is 5.26 Å². The van der Waals surface area contributed by atoms with Gasteiger partial charge in [0.25, 0.3) is 0 Å². The summed E-state index contributed by atoms with van der Waals surface area (Å²) in [6.07, 6.45) is 2.69. The summed E-state index contributed by atoms with van der Waals surface area (Å²) in [5.41, 5.74) is 3.15. The summed E-state index contributed by atoms with van der Waals surface area (Å²) < 4.78 is 5.44. The van der Waals surface area contributed by atoms with E-state index in [1.807, 2.05) is 36.4 Å². The van der Waals surface area contributed by atoms with Gasteiger partial charge in [-0.25, -0.2) is 0 Å². The van der Waals surface area contributed by atoms with E-state index < -0.39 is 0 Å². The average Bonchev–Trinajstić information content (AvgIpc) is 2.72. The Balaban J connectivity index is 1.68. The monoisotopic (exact) mass is 387 g/mol. The molecule has 0 aliphatic carbocycles. The van der Waals surface area contributed by atoms with Gasteiger partial charge in [-0.3, -0.25) is 4.79 Å². The molecule has 0 bridgehead atoms. The summed E-state index contributed by atoms with van der Waals surface area (Å²) in [5.74, 6) is 0.170. The van der Waals surface area contributed by atoms with Crippen molar-refractivity contribution >= 4 is 29.2 Å². The predicted octanol–water partition coefficient (Wildman–Crippen LogP) is 5.94. The van der Waals surface area contributed by atoms with E-state index in [1.54, 1.807) is 48.5 Å². The number of hydrogen-bond acceptors (Lipinski definition) is 3. The molecule has 0 amide bonds. The average molecular weight is 388 g/mol. The van der Waals surface area contributed by atoms with Crippen LogP contribution < -0.4 is 4.74 Å². The van der Waals surface area contributed by atoms with Crippen molar-refractivity contribution in [1.82, 2.24) is 0 Å². The minimum Gasteiger partial charge on any atom is -0.426 e. The topological polar surface area (TPSA) is 50.1 Å². The van der Waals surface area contributed by atoms with Crippen LogP contribution in [0.25, 0.3) is 11.6 Å². The number of benzene rings is 3. The van der Waals surface area contributed by atoms with Crippen LogP contribution in [0.3, 0.4) is 0 Å². The maximum atomic E-state index is 12.1. The molecule has 28 heavy (non-hydrogen) atoms. The Morgan fingerprint density at radius 1 is 1.00 bits per heavy atom. The van der Waals surface area contributed by atoms with Crippen LogP contribution in [0.15, 0.2) is 78.9 Å². The van der Waals surface area contributed by atoms with Gasteiger partial charge in [0.05, 0.1) is 11.6 Å². The maximum absolute atomic E-state index is 12.1. The number of hydrogen-bond donors (Lipinski definition) is 0. The van der Waals surface area contributed by atoms with Crippen molar-refractivity contribution < 1.29 is 9.53 Å². The molecule has 3 aromatic carbocycles. The molecule has 4 heteroatoms. The van der Waals surface area contributed by atoms with E-state index in [0.29, 0.717) is 29.2 Å². The molecule has 0 atom stereocenters. The highest BCUT2D eigenvalue weighted by molar-refractivity contribution is 6.30. The molecule has 0 radical (unpaired) electrons. The van der Waals surface area contributed by atoms with Gasteiger partial charge in [-0.05, 0) is 53.5 Å². The second-order valence-electron chi connectivity index (χ2n) is 6.21. The number of carbonyl (C=O) groups is 1. The van der Waals surface area contributed by atoms with E-state index in [-0.39, 0.29) is 5.97 Å². The zero-order valence-corrected chi connectivity index (χ0v) is 15.9. The molecule has 0 heterocycles. The molecule has 3 nitrogen and oxygen atoms in total. The first-order chi connectivity index (χ1) is 13.6. The lowest BCUT2D eigenvalue weighted by atomic mass is 10.0. The fraction of sp³-hybridized carbons (Fsp3) is 0.0833. The van der Waals surface area contributed by atoms with Crippen molar-refractivity contribution in [2.45, 2.75) is 12.8 Å². The van der Waals surface area contributed by atoms with Gasteiger partial charge < -0.3 is 4.74 Å². The number of halogens is 1.